The third-order valence-corrected chi connectivity index (χ3v) is 3.06. The summed E-state index contributed by atoms with van der Waals surface area (Å²) in [5.74, 6) is 1.04. The van der Waals surface area contributed by atoms with Crippen molar-refractivity contribution in [1.82, 2.24) is 14.5 Å². The molecule has 0 N–H and O–H groups in total. The average Bonchev–Trinajstić information content (AvgIpc) is 2.67. The highest BCUT2D eigenvalue weighted by Gasteiger charge is 2.23. The van der Waals surface area contributed by atoms with Crippen LogP contribution < -0.4 is 0 Å². The lowest BCUT2D eigenvalue weighted by Gasteiger charge is -2.19. The van der Waals surface area contributed by atoms with E-state index < -0.39 is 0 Å². The lowest BCUT2D eigenvalue weighted by molar-refractivity contribution is 0.496. The van der Waals surface area contributed by atoms with E-state index in [-0.39, 0.29) is 5.41 Å². The zero-order valence-corrected chi connectivity index (χ0v) is 12.1. The second-order valence-electron chi connectivity index (χ2n) is 5.95. The molecule has 0 atom stereocenters. The SMILES string of the molecule is Cc1cnc2c(c1)nc(C(C)(C)C)n2CCCC#N. The minimum atomic E-state index is -0.0265. The number of hydrogen-bond acceptors (Lipinski definition) is 3. The number of rotatable bonds is 3. The van der Waals surface area contributed by atoms with E-state index in [2.05, 4.69) is 42.5 Å². The molecule has 0 spiro atoms. The summed E-state index contributed by atoms with van der Waals surface area (Å²) in [5, 5.41) is 8.68. The first-order valence-corrected chi connectivity index (χ1v) is 6.64. The van der Waals surface area contributed by atoms with E-state index in [9.17, 15) is 0 Å². The lowest BCUT2D eigenvalue weighted by atomic mass is 9.95. The van der Waals surface area contributed by atoms with Gasteiger partial charge in [-0.15, -0.1) is 0 Å². The van der Waals surface area contributed by atoms with Crippen LogP contribution in [0.5, 0.6) is 0 Å². The average molecular weight is 256 g/mol. The van der Waals surface area contributed by atoms with Crippen LogP contribution in [0, 0.1) is 18.3 Å². The van der Waals surface area contributed by atoms with Gasteiger partial charge in [-0.2, -0.15) is 5.26 Å². The first-order valence-electron chi connectivity index (χ1n) is 6.64. The van der Waals surface area contributed by atoms with E-state index in [1.54, 1.807) is 0 Å². The van der Waals surface area contributed by atoms with Gasteiger partial charge in [0.2, 0.25) is 0 Å². The number of unbranched alkanes of at least 4 members (excludes halogenated alkanes) is 1. The molecule has 0 amide bonds. The maximum absolute atomic E-state index is 8.68. The molecule has 2 heterocycles. The van der Waals surface area contributed by atoms with Crippen LogP contribution in [0.15, 0.2) is 12.3 Å². The Balaban J connectivity index is 2.53. The van der Waals surface area contributed by atoms with Gasteiger partial charge in [0.05, 0.1) is 6.07 Å². The molecule has 2 aromatic rings. The van der Waals surface area contributed by atoms with Crippen LogP contribution in [-0.4, -0.2) is 14.5 Å². The van der Waals surface area contributed by atoms with Gasteiger partial charge in [0.15, 0.2) is 5.65 Å². The van der Waals surface area contributed by atoms with E-state index in [4.69, 9.17) is 10.2 Å². The van der Waals surface area contributed by atoms with Crippen LogP contribution in [0.2, 0.25) is 0 Å². The largest absolute Gasteiger partial charge is 0.312 e. The topological polar surface area (TPSA) is 54.5 Å². The normalized spacial score (nSPS) is 11.7. The van der Waals surface area contributed by atoms with E-state index >= 15 is 0 Å². The summed E-state index contributed by atoms with van der Waals surface area (Å²) < 4.78 is 2.16. The van der Waals surface area contributed by atoms with E-state index in [1.165, 1.54) is 0 Å². The molecule has 19 heavy (non-hydrogen) atoms. The fraction of sp³-hybridized carbons (Fsp3) is 0.533. The second-order valence-corrected chi connectivity index (χ2v) is 5.95. The number of aryl methyl sites for hydroxylation is 2. The Kier molecular flexibility index (Phi) is 3.57. The molecule has 0 saturated heterocycles. The van der Waals surface area contributed by atoms with E-state index in [0.29, 0.717) is 6.42 Å². The van der Waals surface area contributed by atoms with Gasteiger partial charge in [-0.1, -0.05) is 20.8 Å². The van der Waals surface area contributed by atoms with Crippen LogP contribution in [0.4, 0.5) is 0 Å². The fourth-order valence-electron chi connectivity index (χ4n) is 2.21. The molecule has 0 aromatic carbocycles. The molecular formula is C15H20N4. The summed E-state index contributed by atoms with van der Waals surface area (Å²) in [4.78, 5) is 9.25. The van der Waals surface area contributed by atoms with Crippen molar-refractivity contribution in [3.05, 3.63) is 23.7 Å². The minimum absolute atomic E-state index is 0.0265. The minimum Gasteiger partial charge on any atom is -0.312 e. The monoisotopic (exact) mass is 256 g/mol. The maximum atomic E-state index is 8.68. The third kappa shape index (κ3) is 2.76. The molecule has 100 valence electrons. The number of imidazole rings is 1. The van der Waals surface area contributed by atoms with Crippen molar-refractivity contribution in [2.24, 2.45) is 0 Å². The molecule has 0 aliphatic carbocycles. The lowest BCUT2D eigenvalue weighted by Crippen LogP contribution is -2.19. The highest BCUT2D eigenvalue weighted by molar-refractivity contribution is 5.72. The van der Waals surface area contributed by atoms with Crippen LogP contribution >= 0.6 is 0 Å². The van der Waals surface area contributed by atoms with Gasteiger partial charge in [-0.05, 0) is 25.0 Å². The molecule has 0 aliphatic rings. The Bertz CT molecular complexity index is 626. The number of aromatic nitrogens is 3. The predicted molar refractivity (Wildman–Crippen MR) is 75.8 cm³/mol. The molecule has 2 aromatic heterocycles. The van der Waals surface area contributed by atoms with Crippen molar-refractivity contribution in [3.8, 4) is 6.07 Å². The molecule has 2 rings (SSSR count). The third-order valence-electron chi connectivity index (χ3n) is 3.06. The van der Waals surface area contributed by atoms with Crippen molar-refractivity contribution in [2.75, 3.05) is 0 Å². The van der Waals surface area contributed by atoms with Gasteiger partial charge in [0.1, 0.15) is 11.3 Å². The van der Waals surface area contributed by atoms with Crippen LogP contribution in [0.25, 0.3) is 11.2 Å². The highest BCUT2D eigenvalue weighted by Crippen LogP contribution is 2.26. The summed E-state index contributed by atoms with van der Waals surface area (Å²) in [6.45, 7) is 9.29. The van der Waals surface area contributed by atoms with E-state index in [0.717, 1.165) is 35.5 Å². The quantitative estimate of drug-likeness (QED) is 0.791. The van der Waals surface area contributed by atoms with Gasteiger partial charge in [-0.3, -0.25) is 0 Å². The maximum Gasteiger partial charge on any atom is 0.160 e. The number of fused-ring (bicyclic) bond motifs is 1. The van der Waals surface area contributed by atoms with Crippen molar-refractivity contribution in [2.45, 2.75) is 52.5 Å². The standard InChI is InChI=1S/C15H20N4/c1-11-9-12-13(17-10-11)19(8-6-5-7-16)14(18-12)15(2,3)4/h9-10H,5-6,8H2,1-4H3. The summed E-state index contributed by atoms with van der Waals surface area (Å²) in [6.07, 6.45) is 3.27. The van der Waals surface area contributed by atoms with Gasteiger partial charge < -0.3 is 4.57 Å². The zero-order chi connectivity index (χ0) is 14.0. The van der Waals surface area contributed by atoms with Gasteiger partial charge in [-0.25, -0.2) is 9.97 Å². The Morgan fingerprint density at radius 3 is 2.74 bits per heavy atom. The van der Waals surface area contributed by atoms with Gasteiger partial charge >= 0.3 is 0 Å². The summed E-state index contributed by atoms with van der Waals surface area (Å²) in [5.41, 5.74) is 2.96. The van der Waals surface area contributed by atoms with Crippen LogP contribution in [0.3, 0.4) is 0 Å². The molecule has 0 unspecified atom stereocenters. The molecule has 0 saturated carbocycles. The smallest absolute Gasteiger partial charge is 0.160 e. The van der Waals surface area contributed by atoms with Crippen molar-refractivity contribution >= 4 is 11.2 Å². The van der Waals surface area contributed by atoms with Crippen LogP contribution in [-0.2, 0) is 12.0 Å². The van der Waals surface area contributed by atoms with Crippen LogP contribution in [0.1, 0.15) is 45.0 Å². The number of hydrogen-bond donors (Lipinski definition) is 0. The summed E-state index contributed by atoms with van der Waals surface area (Å²) in [7, 11) is 0. The summed E-state index contributed by atoms with van der Waals surface area (Å²) >= 11 is 0. The Morgan fingerprint density at radius 1 is 1.37 bits per heavy atom. The Labute approximate surface area is 114 Å². The molecule has 0 bridgehead atoms. The second kappa shape index (κ2) is 5.00. The van der Waals surface area contributed by atoms with Gasteiger partial charge in [0, 0.05) is 24.6 Å². The number of nitriles is 1. The number of nitrogens with zero attached hydrogens (tertiary/aromatic N) is 4. The molecule has 4 nitrogen and oxygen atoms in total. The predicted octanol–water partition coefficient (Wildman–Crippen LogP) is 3.34. The molecule has 4 heteroatoms. The molecular weight excluding hydrogens is 236 g/mol. The Morgan fingerprint density at radius 2 is 2.11 bits per heavy atom. The van der Waals surface area contributed by atoms with Crippen molar-refractivity contribution in [3.63, 3.8) is 0 Å². The fourth-order valence-corrected chi connectivity index (χ4v) is 2.21. The first-order chi connectivity index (χ1) is 8.93. The zero-order valence-electron chi connectivity index (χ0n) is 12.1. The molecule has 0 radical (unpaired) electrons. The Hall–Kier alpha value is -1.89. The van der Waals surface area contributed by atoms with Crippen molar-refractivity contribution < 1.29 is 0 Å². The highest BCUT2D eigenvalue weighted by atomic mass is 15.1. The van der Waals surface area contributed by atoms with E-state index in [1.807, 2.05) is 13.1 Å². The number of pyridine rings is 1. The molecule has 0 fully saturated rings. The summed E-state index contributed by atoms with van der Waals surface area (Å²) in [6, 6.07) is 4.26. The van der Waals surface area contributed by atoms with Gasteiger partial charge in [0.25, 0.3) is 0 Å². The molecule has 0 aliphatic heterocycles. The van der Waals surface area contributed by atoms with Crippen molar-refractivity contribution in [1.29, 1.82) is 5.26 Å². The first kappa shape index (κ1) is 13.5.